The number of fused-ring (bicyclic) bond motifs is 7. The quantitative estimate of drug-likeness (QED) is 0.197. The fourth-order valence-electron chi connectivity index (χ4n) is 8.18. The van der Waals surface area contributed by atoms with Gasteiger partial charge in [0.1, 0.15) is 11.7 Å². The zero-order chi connectivity index (χ0) is 33.7. The summed E-state index contributed by atoms with van der Waals surface area (Å²) in [5, 5.41) is 8.98. The van der Waals surface area contributed by atoms with Gasteiger partial charge in [0.15, 0.2) is 6.17 Å². The molecular weight excluding hydrogens is 621 g/mol. The molecule has 0 amide bonds. The van der Waals surface area contributed by atoms with Crippen molar-refractivity contribution in [3.8, 4) is 0 Å². The summed E-state index contributed by atoms with van der Waals surface area (Å²) in [5.74, 6) is 1.65. The van der Waals surface area contributed by atoms with Crippen molar-refractivity contribution >= 4 is 55.9 Å². The van der Waals surface area contributed by atoms with Crippen LogP contribution in [-0.4, -0.2) is 16.2 Å². The summed E-state index contributed by atoms with van der Waals surface area (Å²) in [6.45, 7) is 0. The fourth-order valence-corrected chi connectivity index (χ4v) is 8.18. The van der Waals surface area contributed by atoms with E-state index in [9.17, 15) is 0 Å². The molecule has 2 heterocycles. The minimum atomic E-state index is -0.313. The first-order valence-corrected chi connectivity index (χ1v) is 17.9. The third-order valence-electron chi connectivity index (χ3n) is 10.6. The van der Waals surface area contributed by atoms with Crippen molar-refractivity contribution in [2.24, 2.45) is 9.98 Å². The molecular formula is C47H36N4. The first-order chi connectivity index (χ1) is 25.3. The van der Waals surface area contributed by atoms with Gasteiger partial charge in [0.2, 0.25) is 0 Å². The Labute approximate surface area is 297 Å². The van der Waals surface area contributed by atoms with Gasteiger partial charge in [0.25, 0.3) is 0 Å². The maximum absolute atomic E-state index is 5.08. The number of rotatable bonds is 5. The molecule has 0 bridgehead atoms. The first-order valence-electron chi connectivity index (χ1n) is 17.9. The van der Waals surface area contributed by atoms with Crippen LogP contribution in [0.1, 0.15) is 58.4 Å². The van der Waals surface area contributed by atoms with Gasteiger partial charge in [-0.3, -0.25) is 0 Å². The molecule has 7 aromatic rings. The highest BCUT2D eigenvalue weighted by Gasteiger charge is 2.24. The largest absolute Gasteiger partial charge is 0.333 e. The number of amidine groups is 2. The average molecular weight is 657 g/mol. The van der Waals surface area contributed by atoms with Crippen LogP contribution in [0.25, 0.3) is 44.2 Å². The standard InChI is InChI=1S/C47H36N4/c1-3-14-34(15-4-1)45-48-46(35-16-5-2-6-17-35)50-47(49-45)36-24-22-31(23-25-36)37-18-11-19-38(30-37)51-41-28-26-32-12-7-9-20-39(32)43(41)44-40-21-10-8-13-33(40)27-29-42(44)51/h1-9,11-18,20,22-30,38,45H,10,19,21H2,(H,48,49,50). The molecule has 0 spiro atoms. The van der Waals surface area contributed by atoms with Crippen molar-refractivity contribution in [3.05, 3.63) is 191 Å². The van der Waals surface area contributed by atoms with Gasteiger partial charge in [-0.2, -0.15) is 0 Å². The predicted octanol–water partition coefficient (Wildman–Crippen LogP) is 11.0. The van der Waals surface area contributed by atoms with Gasteiger partial charge in [-0.15, -0.1) is 0 Å². The van der Waals surface area contributed by atoms with E-state index >= 15 is 0 Å². The van der Waals surface area contributed by atoms with E-state index in [4.69, 9.17) is 9.98 Å². The van der Waals surface area contributed by atoms with Crippen LogP contribution >= 0.6 is 0 Å². The third-order valence-corrected chi connectivity index (χ3v) is 10.6. The Morgan fingerprint density at radius 1 is 0.588 bits per heavy atom. The van der Waals surface area contributed by atoms with Gasteiger partial charge in [-0.05, 0) is 70.0 Å². The molecule has 2 atom stereocenters. The minimum Gasteiger partial charge on any atom is -0.333 e. The van der Waals surface area contributed by atoms with E-state index in [0.29, 0.717) is 0 Å². The van der Waals surface area contributed by atoms with E-state index in [0.717, 1.165) is 47.6 Å². The highest BCUT2D eigenvalue weighted by atomic mass is 15.2. The molecule has 0 radical (unpaired) electrons. The number of aliphatic imine (C=N–C) groups is 2. The van der Waals surface area contributed by atoms with Crippen molar-refractivity contribution in [1.82, 2.24) is 9.88 Å². The fraction of sp³-hybridized carbons (Fsp3) is 0.106. The summed E-state index contributed by atoms with van der Waals surface area (Å²) < 4.78 is 2.60. The lowest BCUT2D eigenvalue weighted by Gasteiger charge is -2.23. The topological polar surface area (TPSA) is 41.7 Å². The molecule has 244 valence electrons. The second-order valence-corrected chi connectivity index (χ2v) is 13.7. The van der Waals surface area contributed by atoms with Crippen molar-refractivity contribution in [2.45, 2.75) is 31.5 Å². The van der Waals surface area contributed by atoms with Crippen LogP contribution < -0.4 is 5.32 Å². The van der Waals surface area contributed by atoms with Gasteiger partial charge >= 0.3 is 0 Å². The van der Waals surface area contributed by atoms with Crippen LogP contribution in [0.15, 0.2) is 168 Å². The van der Waals surface area contributed by atoms with E-state index in [-0.39, 0.29) is 12.2 Å². The molecule has 4 heteroatoms. The van der Waals surface area contributed by atoms with E-state index in [1.54, 1.807) is 0 Å². The molecule has 1 aromatic heterocycles. The second-order valence-electron chi connectivity index (χ2n) is 13.7. The Morgan fingerprint density at radius 3 is 2.10 bits per heavy atom. The molecule has 2 unspecified atom stereocenters. The second kappa shape index (κ2) is 12.3. The Morgan fingerprint density at radius 2 is 1.27 bits per heavy atom. The van der Waals surface area contributed by atoms with Crippen molar-refractivity contribution in [2.75, 3.05) is 0 Å². The molecule has 2 aliphatic carbocycles. The average Bonchev–Trinajstić information content (AvgIpc) is 3.57. The number of aryl methyl sites for hydroxylation is 1. The third kappa shape index (κ3) is 5.14. The van der Waals surface area contributed by atoms with Gasteiger partial charge < -0.3 is 9.88 Å². The van der Waals surface area contributed by atoms with Crippen molar-refractivity contribution < 1.29 is 0 Å². The minimum absolute atomic E-state index is 0.198. The summed E-state index contributed by atoms with van der Waals surface area (Å²) in [6, 6.07) is 47.8. The van der Waals surface area contributed by atoms with Gasteiger partial charge in [-0.1, -0.05) is 152 Å². The smallest absolute Gasteiger partial charge is 0.169 e. The van der Waals surface area contributed by atoms with Gasteiger partial charge in [0, 0.05) is 21.9 Å². The van der Waals surface area contributed by atoms with Crippen LogP contribution in [0.2, 0.25) is 0 Å². The molecule has 6 aromatic carbocycles. The number of aromatic nitrogens is 1. The van der Waals surface area contributed by atoms with E-state index in [2.05, 4.69) is 137 Å². The molecule has 1 N–H and O–H groups in total. The number of hydrogen-bond acceptors (Lipinski definition) is 3. The van der Waals surface area contributed by atoms with Crippen LogP contribution in [0.5, 0.6) is 0 Å². The van der Waals surface area contributed by atoms with Crippen molar-refractivity contribution in [3.63, 3.8) is 0 Å². The number of benzene rings is 6. The molecule has 51 heavy (non-hydrogen) atoms. The van der Waals surface area contributed by atoms with E-state index < -0.39 is 0 Å². The van der Waals surface area contributed by atoms with E-state index in [1.165, 1.54) is 54.8 Å². The lowest BCUT2D eigenvalue weighted by atomic mass is 9.91. The van der Waals surface area contributed by atoms with Crippen LogP contribution in [0, 0.1) is 0 Å². The predicted molar refractivity (Wildman–Crippen MR) is 213 cm³/mol. The van der Waals surface area contributed by atoms with Crippen LogP contribution in [-0.2, 0) is 6.42 Å². The summed E-state index contributed by atoms with van der Waals surface area (Å²) in [7, 11) is 0. The summed E-state index contributed by atoms with van der Waals surface area (Å²) in [4.78, 5) is 10.1. The first kappa shape index (κ1) is 29.6. The summed E-state index contributed by atoms with van der Waals surface area (Å²) in [6.07, 6.45) is 14.5. The molecule has 0 saturated heterocycles. The zero-order valence-electron chi connectivity index (χ0n) is 28.2. The zero-order valence-corrected chi connectivity index (χ0v) is 28.2. The molecule has 4 nitrogen and oxygen atoms in total. The van der Waals surface area contributed by atoms with Crippen molar-refractivity contribution in [1.29, 1.82) is 0 Å². The number of allylic oxidation sites excluding steroid dienone is 5. The molecule has 0 fully saturated rings. The lowest BCUT2D eigenvalue weighted by Crippen LogP contribution is -2.36. The van der Waals surface area contributed by atoms with Gasteiger partial charge in [-0.25, -0.2) is 9.98 Å². The monoisotopic (exact) mass is 656 g/mol. The Balaban J connectivity index is 1.03. The number of nitrogens with zero attached hydrogens (tertiary/aromatic N) is 3. The number of hydrogen-bond donors (Lipinski definition) is 1. The molecule has 0 saturated carbocycles. The Bertz CT molecular complexity index is 2620. The number of nitrogens with one attached hydrogen (secondary N) is 1. The van der Waals surface area contributed by atoms with Crippen LogP contribution in [0.3, 0.4) is 0 Å². The summed E-state index contributed by atoms with van der Waals surface area (Å²) >= 11 is 0. The molecule has 10 rings (SSSR count). The normalized spacial score (nSPS) is 18.3. The lowest BCUT2D eigenvalue weighted by molar-refractivity contribution is 0.650. The molecule has 1 aliphatic heterocycles. The highest BCUT2D eigenvalue weighted by molar-refractivity contribution is 6.22. The maximum atomic E-state index is 5.08. The van der Waals surface area contributed by atoms with E-state index in [1.807, 2.05) is 36.4 Å². The highest BCUT2D eigenvalue weighted by Crippen LogP contribution is 2.43. The summed E-state index contributed by atoms with van der Waals surface area (Å²) in [5.41, 5.74) is 11.1. The van der Waals surface area contributed by atoms with Crippen LogP contribution in [0.4, 0.5) is 0 Å². The SMILES string of the molecule is C1=Cc2ccc3c(c2CC1)c1c2ccccc2ccc1n3C1C=C(c2ccc(C3=NC(c4ccccc4)N=C(c4ccccc4)N3)cc2)C=CC1. The van der Waals surface area contributed by atoms with Gasteiger partial charge in [0.05, 0.1) is 17.1 Å². The maximum Gasteiger partial charge on any atom is 0.169 e. The Kier molecular flexibility index (Phi) is 7.12. The Hall–Kier alpha value is -6.26. The molecule has 3 aliphatic rings.